The van der Waals surface area contributed by atoms with E-state index in [0.29, 0.717) is 30.3 Å². The molecule has 0 radical (unpaired) electrons. The maximum atomic E-state index is 13.1. The van der Waals surface area contributed by atoms with Gasteiger partial charge in [-0.15, -0.1) is 0 Å². The second-order valence-corrected chi connectivity index (χ2v) is 8.46. The molecular weight excluding hydrogens is 412 g/mol. The number of piperazine rings is 1. The molecule has 3 heterocycles. The Kier molecular flexibility index (Phi) is 4.24. The van der Waals surface area contributed by atoms with Crippen LogP contribution in [0.5, 0.6) is 11.5 Å². The lowest BCUT2D eigenvalue weighted by molar-refractivity contribution is -0.129. The molecule has 0 aromatic heterocycles. The van der Waals surface area contributed by atoms with Gasteiger partial charge in [0, 0.05) is 36.8 Å². The predicted molar refractivity (Wildman–Crippen MR) is 113 cm³/mol. The van der Waals surface area contributed by atoms with Crippen molar-refractivity contribution in [3.63, 3.8) is 0 Å². The number of nitrogens with zero attached hydrogens (tertiary/aromatic N) is 3. The number of imide groups is 1. The molecule has 3 aliphatic heterocycles. The first-order valence-corrected chi connectivity index (χ1v) is 10.7. The summed E-state index contributed by atoms with van der Waals surface area (Å²) in [5.41, 5.74) is 1.73. The molecule has 2 aromatic carbocycles. The lowest BCUT2D eigenvalue weighted by Crippen LogP contribution is -2.55. The van der Waals surface area contributed by atoms with E-state index in [1.165, 1.54) is 4.90 Å². The highest BCUT2D eigenvalue weighted by atomic mass is 16.7. The number of nitrogens with one attached hydrogen (secondary N) is 1. The van der Waals surface area contributed by atoms with Crippen LogP contribution in [0.15, 0.2) is 48.5 Å². The van der Waals surface area contributed by atoms with Crippen molar-refractivity contribution in [3.05, 3.63) is 54.1 Å². The Morgan fingerprint density at radius 2 is 1.81 bits per heavy atom. The highest BCUT2D eigenvalue weighted by Gasteiger charge is 2.56. The van der Waals surface area contributed by atoms with E-state index < -0.39 is 6.04 Å². The van der Waals surface area contributed by atoms with Gasteiger partial charge in [-0.3, -0.25) is 9.69 Å². The largest absolute Gasteiger partial charge is 0.454 e. The third kappa shape index (κ3) is 3.04. The number of fused-ring (bicyclic) bond motifs is 2. The van der Waals surface area contributed by atoms with Crippen LogP contribution in [-0.2, 0) is 4.79 Å². The van der Waals surface area contributed by atoms with E-state index in [2.05, 4.69) is 5.32 Å². The SMILES string of the molecule is O=C(Nc1ccc2c(c1)OCO2)N1CCN2C(=O)N(C3CC3c3ccccc3)C(=O)C2C1. The zero-order valence-electron chi connectivity index (χ0n) is 17.3. The maximum Gasteiger partial charge on any atom is 0.327 e. The first kappa shape index (κ1) is 19.0. The highest BCUT2D eigenvalue weighted by molar-refractivity contribution is 6.05. The minimum atomic E-state index is -0.629. The van der Waals surface area contributed by atoms with Gasteiger partial charge >= 0.3 is 12.1 Å². The average molecular weight is 434 g/mol. The van der Waals surface area contributed by atoms with Crippen LogP contribution in [-0.4, -0.2) is 71.2 Å². The van der Waals surface area contributed by atoms with Crippen molar-refractivity contribution in [2.45, 2.75) is 24.4 Å². The lowest BCUT2D eigenvalue weighted by Gasteiger charge is -2.35. The Morgan fingerprint density at radius 3 is 2.66 bits per heavy atom. The standard InChI is InChI=1S/C23H22N4O5/c28-21-18-12-25(22(29)24-15-6-7-19-20(10-15)32-13-31-19)8-9-26(18)23(30)27(21)17-11-16(17)14-4-2-1-3-5-14/h1-7,10,16-18H,8-9,11-13H2,(H,24,29). The number of hydrogen-bond donors (Lipinski definition) is 1. The second kappa shape index (κ2) is 7.15. The predicted octanol–water partition coefficient (Wildman–Crippen LogP) is 2.45. The number of anilines is 1. The molecule has 6 rings (SSSR count). The molecule has 3 fully saturated rings. The van der Waals surface area contributed by atoms with Gasteiger partial charge in [0.15, 0.2) is 11.5 Å². The van der Waals surface area contributed by atoms with Crippen molar-refractivity contribution < 1.29 is 23.9 Å². The van der Waals surface area contributed by atoms with E-state index in [1.807, 2.05) is 30.3 Å². The summed E-state index contributed by atoms with van der Waals surface area (Å²) in [4.78, 5) is 43.5. The molecule has 1 N–H and O–H groups in total. The molecular formula is C23H22N4O5. The van der Waals surface area contributed by atoms with Gasteiger partial charge < -0.3 is 24.6 Å². The van der Waals surface area contributed by atoms with Crippen molar-refractivity contribution in [1.29, 1.82) is 0 Å². The number of hydrogen-bond acceptors (Lipinski definition) is 5. The number of urea groups is 2. The quantitative estimate of drug-likeness (QED) is 0.750. The van der Waals surface area contributed by atoms with Crippen LogP contribution in [0.25, 0.3) is 0 Å². The van der Waals surface area contributed by atoms with Gasteiger partial charge in [0.2, 0.25) is 6.79 Å². The first-order valence-electron chi connectivity index (χ1n) is 10.7. The van der Waals surface area contributed by atoms with Crippen LogP contribution in [0.4, 0.5) is 15.3 Å². The summed E-state index contributed by atoms with van der Waals surface area (Å²) in [6, 6.07) is 13.9. The third-order valence-electron chi connectivity index (χ3n) is 6.58. The summed E-state index contributed by atoms with van der Waals surface area (Å²) in [6.45, 7) is 1.05. The molecule has 3 atom stereocenters. The number of carbonyl (C=O) groups is 3. The van der Waals surface area contributed by atoms with Crippen LogP contribution in [0, 0.1) is 0 Å². The minimum Gasteiger partial charge on any atom is -0.454 e. The highest BCUT2D eigenvalue weighted by Crippen LogP contribution is 2.47. The molecule has 0 spiro atoms. The van der Waals surface area contributed by atoms with Crippen molar-refractivity contribution in [3.8, 4) is 11.5 Å². The minimum absolute atomic E-state index is 0.0982. The Labute approximate surface area is 184 Å². The topological polar surface area (TPSA) is 91.4 Å². The molecule has 3 unspecified atom stereocenters. The van der Waals surface area contributed by atoms with Crippen LogP contribution in [0.1, 0.15) is 17.9 Å². The summed E-state index contributed by atoms with van der Waals surface area (Å²) in [5.74, 6) is 1.20. The van der Waals surface area contributed by atoms with Gasteiger partial charge in [0.1, 0.15) is 6.04 Å². The van der Waals surface area contributed by atoms with E-state index in [-0.39, 0.29) is 43.3 Å². The molecule has 5 amide bonds. The molecule has 164 valence electrons. The second-order valence-electron chi connectivity index (χ2n) is 8.46. The van der Waals surface area contributed by atoms with Gasteiger partial charge in [-0.05, 0) is 24.1 Å². The summed E-state index contributed by atoms with van der Waals surface area (Å²) < 4.78 is 10.6. The van der Waals surface area contributed by atoms with Gasteiger partial charge in [0.25, 0.3) is 5.91 Å². The molecule has 4 aliphatic rings. The summed E-state index contributed by atoms with van der Waals surface area (Å²) in [6.07, 6.45) is 0.788. The van der Waals surface area contributed by atoms with Crippen molar-refractivity contribution in [2.75, 3.05) is 31.7 Å². The van der Waals surface area contributed by atoms with Crippen LogP contribution in [0.3, 0.4) is 0 Å². The van der Waals surface area contributed by atoms with E-state index in [0.717, 1.165) is 12.0 Å². The Balaban J connectivity index is 1.13. The smallest absolute Gasteiger partial charge is 0.327 e. The monoisotopic (exact) mass is 434 g/mol. The molecule has 1 saturated carbocycles. The van der Waals surface area contributed by atoms with E-state index in [4.69, 9.17) is 9.47 Å². The average Bonchev–Trinajstić information content (AvgIpc) is 3.38. The maximum absolute atomic E-state index is 13.1. The first-order chi connectivity index (χ1) is 15.6. The zero-order chi connectivity index (χ0) is 21.8. The molecule has 2 saturated heterocycles. The zero-order valence-corrected chi connectivity index (χ0v) is 17.3. The Hall–Kier alpha value is -3.75. The molecule has 32 heavy (non-hydrogen) atoms. The van der Waals surface area contributed by atoms with Crippen LogP contribution in [0.2, 0.25) is 0 Å². The van der Waals surface area contributed by atoms with Crippen LogP contribution >= 0.6 is 0 Å². The van der Waals surface area contributed by atoms with Crippen molar-refractivity contribution in [1.82, 2.24) is 14.7 Å². The molecule has 9 heteroatoms. The molecule has 2 aromatic rings. The van der Waals surface area contributed by atoms with Gasteiger partial charge in [-0.25, -0.2) is 9.59 Å². The Morgan fingerprint density at radius 1 is 1.00 bits per heavy atom. The molecule has 9 nitrogen and oxygen atoms in total. The van der Waals surface area contributed by atoms with E-state index >= 15 is 0 Å². The normalized spacial score (nSPS) is 25.8. The number of amides is 5. The number of benzene rings is 2. The van der Waals surface area contributed by atoms with Gasteiger partial charge in [-0.1, -0.05) is 30.3 Å². The number of ether oxygens (including phenoxy) is 2. The fraction of sp³-hybridized carbons (Fsp3) is 0.348. The van der Waals surface area contributed by atoms with Gasteiger partial charge in [0.05, 0.1) is 6.54 Å². The molecule has 1 aliphatic carbocycles. The number of rotatable bonds is 3. The van der Waals surface area contributed by atoms with Crippen molar-refractivity contribution >= 4 is 23.7 Å². The van der Waals surface area contributed by atoms with Gasteiger partial charge in [-0.2, -0.15) is 0 Å². The van der Waals surface area contributed by atoms with Crippen LogP contribution < -0.4 is 14.8 Å². The van der Waals surface area contributed by atoms with Crippen molar-refractivity contribution in [2.24, 2.45) is 0 Å². The Bertz CT molecular complexity index is 1110. The molecule has 0 bridgehead atoms. The summed E-state index contributed by atoms with van der Waals surface area (Å²) in [7, 11) is 0. The summed E-state index contributed by atoms with van der Waals surface area (Å²) in [5, 5.41) is 2.85. The number of carbonyl (C=O) groups excluding carboxylic acids is 3. The summed E-state index contributed by atoms with van der Waals surface area (Å²) >= 11 is 0. The third-order valence-corrected chi connectivity index (χ3v) is 6.58. The van der Waals surface area contributed by atoms with E-state index in [9.17, 15) is 14.4 Å². The lowest BCUT2D eigenvalue weighted by atomic mass is 10.1. The van der Waals surface area contributed by atoms with E-state index in [1.54, 1.807) is 28.0 Å². The fourth-order valence-corrected chi connectivity index (χ4v) is 4.81. The fourth-order valence-electron chi connectivity index (χ4n) is 4.81.